The van der Waals surface area contributed by atoms with E-state index in [2.05, 4.69) is 10.5 Å². The van der Waals surface area contributed by atoms with Crippen LogP contribution in [0.15, 0.2) is 5.16 Å². The van der Waals surface area contributed by atoms with E-state index in [9.17, 15) is 4.79 Å². The Bertz CT molecular complexity index is 271. The summed E-state index contributed by atoms with van der Waals surface area (Å²) in [4.78, 5) is 11.8. The van der Waals surface area contributed by atoms with E-state index in [1.54, 1.807) is 7.11 Å². The molecule has 0 bridgehead atoms. The zero-order valence-corrected chi connectivity index (χ0v) is 11.1. The number of nitrogens with zero attached hydrogens (tertiary/aromatic N) is 1. The van der Waals surface area contributed by atoms with Crippen LogP contribution in [0.25, 0.3) is 0 Å². The number of hydrogen-bond acceptors (Lipinski definition) is 5. The van der Waals surface area contributed by atoms with Crippen molar-refractivity contribution < 1.29 is 19.5 Å². The average Bonchev–Trinajstić information content (AvgIpc) is 2.25. The van der Waals surface area contributed by atoms with E-state index in [0.29, 0.717) is 6.61 Å². The molecule has 1 amide bonds. The van der Waals surface area contributed by atoms with Gasteiger partial charge in [0, 0.05) is 14.2 Å². The summed E-state index contributed by atoms with van der Waals surface area (Å²) in [5.74, 6) is -0.883. The van der Waals surface area contributed by atoms with E-state index >= 15 is 0 Å². The highest BCUT2D eigenvalue weighted by molar-refractivity contribution is 6.00. The lowest BCUT2D eigenvalue weighted by molar-refractivity contribution is -0.125. The number of rotatable bonds is 5. The normalized spacial score (nSPS) is 14.3. The second kappa shape index (κ2) is 7.11. The molecule has 17 heavy (non-hydrogen) atoms. The van der Waals surface area contributed by atoms with Gasteiger partial charge in [0.1, 0.15) is 12.5 Å². The SMILES string of the molecule is CNC(=O)C(/C(=N/O)OCCOC)C(C)(C)C. The van der Waals surface area contributed by atoms with Gasteiger partial charge in [-0.05, 0) is 5.41 Å². The fourth-order valence-electron chi connectivity index (χ4n) is 1.42. The minimum absolute atomic E-state index is 0.00824. The van der Waals surface area contributed by atoms with Gasteiger partial charge in [-0.1, -0.05) is 25.9 Å². The Kier molecular flexibility index (Phi) is 6.57. The van der Waals surface area contributed by atoms with Crippen LogP contribution < -0.4 is 5.32 Å². The van der Waals surface area contributed by atoms with E-state index in [0.717, 1.165) is 0 Å². The number of carbonyl (C=O) groups excluding carboxylic acids is 1. The maximum absolute atomic E-state index is 11.8. The monoisotopic (exact) mass is 246 g/mol. The topological polar surface area (TPSA) is 80.2 Å². The summed E-state index contributed by atoms with van der Waals surface area (Å²) in [6.45, 7) is 6.22. The molecule has 0 fully saturated rings. The highest BCUT2D eigenvalue weighted by atomic mass is 16.5. The molecule has 1 atom stereocenters. The van der Waals surface area contributed by atoms with Crippen LogP contribution in [-0.4, -0.2) is 44.4 Å². The van der Waals surface area contributed by atoms with Crippen LogP contribution >= 0.6 is 0 Å². The van der Waals surface area contributed by atoms with Crippen molar-refractivity contribution in [3.8, 4) is 0 Å². The van der Waals surface area contributed by atoms with Crippen molar-refractivity contribution in [2.75, 3.05) is 27.4 Å². The zero-order chi connectivity index (χ0) is 13.5. The summed E-state index contributed by atoms with van der Waals surface area (Å²) in [5.41, 5.74) is -0.408. The Morgan fingerprint density at radius 1 is 1.41 bits per heavy atom. The third-order valence-electron chi connectivity index (χ3n) is 2.26. The lowest BCUT2D eigenvalue weighted by Crippen LogP contribution is -2.42. The summed E-state index contributed by atoms with van der Waals surface area (Å²) in [6, 6.07) is 0. The summed E-state index contributed by atoms with van der Waals surface area (Å²) in [7, 11) is 3.07. The van der Waals surface area contributed by atoms with E-state index < -0.39 is 11.3 Å². The van der Waals surface area contributed by atoms with Gasteiger partial charge in [-0.25, -0.2) is 0 Å². The van der Waals surface area contributed by atoms with Crippen molar-refractivity contribution >= 4 is 11.8 Å². The number of methoxy groups -OCH3 is 1. The number of nitrogens with one attached hydrogen (secondary N) is 1. The molecule has 0 aliphatic rings. The molecule has 0 saturated heterocycles. The van der Waals surface area contributed by atoms with Crippen LogP contribution in [0.2, 0.25) is 0 Å². The van der Waals surface area contributed by atoms with Gasteiger partial charge in [0.25, 0.3) is 0 Å². The smallest absolute Gasteiger partial charge is 0.238 e. The molecule has 0 rings (SSSR count). The Hall–Kier alpha value is -1.30. The van der Waals surface area contributed by atoms with Crippen molar-refractivity contribution in [3.05, 3.63) is 0 Å². The Balaban J connectivity index is 4.82. The fourth-order valence-corrected chi connectivity index (χ4v) is 1.42. The number of amides is 1. The molecule has 0 spiro atoms. The summed E-state index contributed by atoms with van der Waals surface area (Å²) in [6.07, 6.45) is 0. The molecule has 0 aromatic heterocycles. The van der Waals surface area contributed by atoms with Crippen molar-refractivity contribution in [2.45, 2.75) is 20.8 Å². The van der Waals surface area contributed by atoms with Crippen molar-refractivity contribution in [1.29, 1.82) is 0 Å². The third-order valence-corrected chi connectivity index (χ3v) is 2.26. The van der Waals surface area contributed by atoms with Gasteiger partial charge in [0.2, 0.25) is 11.8 Å². The Morgan fingerprint density at radius 3 is 2.35 bits per heavy atom. The van der Waals surface area contributed by atoms with Crippen LogP contribution in [0.4, 0.5) is 0 Å². The fraction of sp³-hybridized carbons (Fsp3) is 0.818. The first-order valence-electron chi connectivity index (χ1n) is 5.43. The van der Waals surface area contributed by atoms with Crippen LogP contribution in [0.3, 0.4) is 0 Å². The average molecular weight is 246 g/mol. The molecule has 0 aromatic carbocycles. The van der Waals surface area contributed by atoms with Gasteiger partial charge in [-0.15, -0.1) is 0 Å². The predicted molar refractivity (Wildman–Crippen MR) is 64.1 cm³/mol. The Labute approximate surface area is 102 Å². The minimum atomic E-state index is -0.644. The minimum Gasteiger partial charge on any atom is -0.476 e. The highest BCUT2D eigenvalue weighted by Gasteiger charge is 2.37. The maximum Gasteiger partial charge on any atom is 0.238 e. The second-order valence-electron chi connectivity index (χ2n) is 4.69. The molecule has 6 nitrogen and oxygen atoms in total. The zero-order valence-electron chi connectivity index (χ0n) is 11.1. The number of carbonyl (C=O) groups is 1. The lowest BCUT2D eigenvalue weighted by atomic mass is 9.80. The van der Waals surface area contributed by atoms with Crippen LogP contribution in [0, 0.1) is 11.3 Å². The molecule has 100 valence electrons. The summed E-state index contributed by atoms with van der Waals surface area (Å²) >= 11 is 0. The molecule has 1 unspecified atom stereocenters. The van der Waals surface area contributed by atoms with Gasteiger partial charge < -0.3 is 20.0 Å². The standard InChI is InChI=1S/C11H22N2O4/c1-11(2,3)8(9(14)12-4)10(13-15)17-7-6-16-5/h8,15H,6-7H2,1-5H3,(H,12,14)/b13-10-. The van der Waals surface area contributed by atoms with E-state index in [1.165, 1.54) is 7.05 Å². The quantitative estimate of drug-likeness (QED) is 0.248. The van der Waals surface area contributed by atoms with Gasteiger partial charge in [0.15, 0.2) is 0 Å². The lowest BCUT2D eigenvalue weighted by Gasteiger charge is -2.28. The second-order valence-corrected chi connectivity index (χ2v) is 4.69. The molecule has 0 radical (unpaired) electrons. The first-order valence-corrected chi connectivity index (χ1v) is 5.43. The summed E-state index contributed by atoms with van der Waals surface area (Å²) in [5, 5.41) is 14.6. The van der Waals surface area contributed by atoms with Crippen molar-refractivity contribution in [2.24, 2.45) is 16.5 Å². The molecule has 6 heteroatoms. The third kappa shape index (κ3) is 5.04. The van der Waals surface area contributed by atoms with Gasteiger partial charge >= 0.3 is 0 Å². The molecule has 0 saturated carbocycles. The molecular weight excluding hydrogens is 224 g/mol. The van der Waals surface area contributed by atoms with Crippen molar-refractivity contribution in [3.63, 3.8) is 0 Å². The predicted octanol–water partition coefficient (Wildman–Crippen LogP) is 0.845. The molecule has 0 aliphatic carbocycles. The maximum atomic E-state index is 11.8. The van der Waals surface area contributed by atoms with E-state index in [4.69, 9.17) is 14.7 Å². The van der Waals surface area contributed by atoms with Gasteiger partial charge in [-0.2, -0.15) is 0 Å². The van der Waals surface area contributed by atoms with Gasteiger partial charge in [0.05, 0.1) is 6.61 Å². The number of ether oxygens (including phenoxy) is 2. The molecule has 0 aromatic rings. The highest BCUT2D eigenvalue weighted by Crippen LogP contribution is 2.27. The molecular formula is C11H22N2O4. The molecule has 0 heterocycles. The summed E-state index contributed by atoms with van der Waals surface area (Å²) < 4.78 is 10.1. The first-order chi connectivity index (χ1) is 7.88. The Morgan fingerprint density at radius 2 is 2.00 bits per heavy atom. The molecule has 0 aliphatic heterocycles. The number of oxime groups is 1. The number of hydrogen-bond donors (Lipinski definition) is 2. The largest absolute Gasteiger partial charge is 0.476 e. The van der Waals surface area contributed by atoms with Crippen LogP contribution in [-0.2, 0) is 14.3 Å². The van der Waals surface area contributed by atoms with Crippen LogP contribution in [0.5, 0.6) is 0 Å². The van der Waals surface area contributed by atoms with Crippen molar-refractivity contribution in [1.82, 2.24) is 5.32 Å². The van der Waals surface area contributed by atoms with E-state index in [1.807, 2.05) is 20.8 Å². The van der Waals surface area contributed by atoms with E-state index in [-0.39, 0.29) is 18.4 Å². The van der Waals surface area contributed by atoms with Crippen LogP contribution in [0.1, 0.15) is 20.8 Å². The van der Waals surface area contributed by atoms with Gasteiger partial charge in [-0.3, -0.25) is 4.79 Å². The molecule has 2 N–H and O–H groups in total. The first kappa shape index (κ1) is 15.7.